The molecule has 0 aliphatic carbocycles. The monoisotopic (exact) mass is 236 g/mol. The van der Waals surface area contributed by atoms with Crippen LogP contribution in [0.1, 0.15) is 5.56 Å². The van der Waals surface area contributed by atoms with Crippen molar-refractivity contribution in [2.24, 2.45) is 0 Å². The van der Waals surface area contributed by atoms with Crippen LogP contribution >= 0.6 is 0 Å². The minimum absolute atomic E-state index is 0.708. The fourth-order valence-corrected chi connectivity index (χ4v) is 2.09. The minimum atomic E-state index is -0.708. The molecule has 0 aliphatic heterocycles. The number of benzene rings is 1. The molecule has 1 atom stereocenters. The van der Waals surface area contributed by atoms with Crippen molar-refractivity contribution in [1.82, 2.24) is 10.3 Å². The Morgan fingerprint density at radius 1 is 1.38 bits per heavy atom. The molecule has 3 nitrogen and oxygen atoms in total. The van der Waals surface area contributed by atoms with E-state index in [1.165, 1.54) is 16.5 Å². The van der Waals surface area contributed by atoms with Crippen molar-refractivity contribution in [2.45, 2.75) is 6.54 Å². The second kappa shape index (κ2) is 5.27. The number of hydrogen-bond acceptors (Lipinski definition) is 2. The average molecular weight is 236 g/mol. The maximum atomic E-state index is 10.9. The smallest absolute Gasteiger partial charge is 0.0457 e. The van der Waals surface area contributed by atoms with Gasteiger partial charge in [0.1, 0.15) is 0 Å². The van der Waals surface area contributed by atoms with Gasteiger partial charge in [-0.25, -0.2) is 0 Å². The summed E-state index contributed by atoms with van der Waals surface area (Å²) in [6, 6.07) is 8.44. The molecular weight excluding hydrogens is 220 g/mol. The molecule has 1 unspecified atom stereocenters. The quantitative estimate of drug-likeness (QED) is 0.775. The summed E-state index contributed by atoms with van der Waals surface area (Å²) in [5.41, 5.74) is 2.41. The molecule has 0 saturated heterocycles. The molecule has 0 saturated carbocycles. The molecule has 0 fully saturated rings. The Hall–Kier alpha value is -1.13. The third-order valence-electron chi connectivity index (χ3n) is 2.51. The fourth-order valence-electron chi connectivity index (χ4n) is 1.65. The van der Waals surface area contributed by atoms with E-state index in [9.17, 15) is 4.21 Å². The summed E-state index contributed by atoms with van der Waals surface area (Å²) < 4.78 is 10.9. The van der Waals surface area contributed by atoms with E-state index in [1.54, 1.807) is 6.26 Å². The zero-order valence-corrected chi connectivity index (χ0v) is 10.1. The number of H-pyrrole nitrogens is 1. The first-order valence-corrected chi connectivity index (χ1v) is 7.05. The van der Waals surface area contributed by atoms with Crippen LogP contribution in [0.3, 0.4) is 0 Å². The third kappa shape index (κ3) is 2.93. The molecule has 4 heteroatoms. The van der Waals surface area contributed by atoms with E-state index in [0.29, 0.717) is 5.75 Å². The van der Waals surface area contributed by atoms with Crippen molar-refractivity contribution in [3.63, 3.8) is 0 Å². The molecular formula is C12H16N2OS. The molecule has 1 aromatic carbocycles. The maximum Gasteiger partial charge on any atom is 0.0457 e. The number of rotatable bonds is 5. The molecule has 1 heterocycles. The normalized spacial score (nSPS) is 13.1. The average Bonchev–Trinajstić information content (AvgIpc) is 2.71. The summed E-state index contributed by atoms with van der Waals surface area (Å²) in [5.74, 6) is 0.713. The Labute approximate surface area is 97.7 Å². The van der Waals surface area contributed by atoms with Gasteiger partial charge in [-0.1, -0.05) is 12.1 Å². The van der Waals surface area contributed by atoms with E-state index in [2.05, 4.69) is 34.6 Å². The highest BCUT2D eigenvalue weighted by Gasteiger charge is 1.97. The van der Waals surface area contributed by atoms with Gasteiger partial charge in [0, 0.05) is 47.6 Å². The Balaban J connectivity index is 1.91. The molecule has 0 bridgehead atoms. The highest BCUT2D eigenvalue weighted by molar-refractivity contribution is 7.84. The summed E-state index contributed by atoms with van der Waals surface area (Å²) in [6.07, 6.45) is 3.68. The van der Waals surface area contributed by atoms with Gasteiger partial charge in [-0.15, -0.1) is 0 Å². The van der Waals surface area contributed by atoms with Crippen molar-refractivity contribution in [3.8, 4) is 0 Å². The first-order valence-electron chi connectivity index (χ1n) is 5.32. The lowest BCUT2D eigenvalue weighted by Gasteiger charge is -2.03. The molecule has 0 aliphatic rings. The van der Waals surface area contributed by atoms with Gasteiger partial charge in [0.05, 0.1) is 0 Å². The predicted octanol–water partition coefficient (Wildman–Crippen LogP) is 1.64. The number of fused-ring (bicyclic) bond motifs is 1. The van der Waals surface area contributed by atoms with Crippen molar-refractivity contribution < 1.29 is 4.21 Å². The van der Waals surface area contributed by atoms with E-state index < -0.39 is 10.8 Å². The molecule has 2 N–H and O–H groups in total. The lowest BCUT2D eigenvalue weighted by Crippen LogP contribution is -2.19. The lowest BCUT2D eigenvalue weighted by molar-refractivity contribution is 0.677. The number of hydrogen-bond donors (Lipinski definition) is 2. The van der Waals surface area contributed by atoms with Crippen LogP contribution in [0, 0.1) is 0 Å². The fraction of sp³-hybridized carbons (Fsp3) is 0.333. The summed E-state index contributed by atoms with van der Waals surface area (Å²) in [7, 11) is -0.708. The summed E-state index contributed by atoms with van der Waals surface area (Å²) >= 11 is 0. The number of aromatic amines is 1. The molecule has 86 valence electrons. The standard InChI is InChI=1S/C12H16N2OS/c1-16(15)7-6-13-9-10-2-3-11-4-5-14-12(11)8-10/h2-5,8,13-14H,6-7,9H2,1H3. The van der Waals surface area contributed by atoms with E-state index >= 15 is 0 Å². The van der Waals surface area contributed by atoms with Crippen molar-refractivity contribution >= 4 is 21.7 Å². The van der Waals surface area contributed by atoms with Gasteiger partial charge in [0.25, 0.3) is 0 Å². The Bertz CT molecular complexity index is 492. The van der Waals surface area contributed by atoms with Crippen LogP contribution in [0.15, 0.2) is 30.5 Å². The van der Waals surface area contributed by atoms with Crippen molar-refractivity contribution in [1.29, 1.82) is 0 Å². The molecule has 1 aromatic heterocycles. The van der Waals surface area contributed by atoms with Crippen molar-refractivity contribution in [2.75, 3.05) is 18.6 Å². The zero-order valence-electron chi connectivity index (χ0n) is 9.32. The topological polar surface area (TPSA) is 44.9 Å². The number of aromatic nitrogens is 1. The van der Waals surface area contributed by atoms with Crippen LogP contribution in [0.25, 0.3) is 10.9 Å². The highest BCUT2D eigenvalue weighted by atomic mass is 32.2. The van der Waals surface area contributed by atoms with Crippen LogP contribution in [0.4, 0.5) is 0 Å². The van der Waals surface area contributed by atoms with Gasteiger partial charge in [-0.3, -0.25) is 4.21 Å². The number of nitrogens with one attached hydrogen (secondary N) is 2. The Morgan fingerprint density at radius 2 is 2.25 bits per heavy atom. The molecule has 2 aromatic rings. The molecule has 16 heavy (non-hydrogen) atoms. The van der Waals surface area contributed by atoms with E-state index in [-0.39, 0.29) is 0 Å². The Morgan fingerprint density at radius 3 is 3.06 bits per heavy atom. The molecule has 0 spiro atoms. The predicted molar refractivity (Wildman–Crippen MR) is 68.9 cm³/mol. The lowest BCUT2D eigenvalue weighted by atomic mass is 10.1. The van der Waals surface area contributed by atoms with Gasteiger partial charge < -0.3 is 10.3 Å². The highest BCUT2D eigenvalue weighted by Crippen LogP contribution is 2.13. The van der Waals surface area contributed by atoms with Crippen LogP contribution in [-0.2, 0) is 17.3 Å². The summed E-state index contributed by atoms with van der Waals surface area (Å²) in [4.78, 5) is 3.19. The third-order valence-corrected chi connectivity index (χ3v) is 3.29. The van der Waals surface area contributed by atoms with Gasteiger partial charge in [0.15, 0.2) is 0 Å². The molecule has 2 rings (SSSR count). The van der Waals surface area contributed by atoms with Gasteiger partial charge >= 0.3 is 0 Å². The largest absolute Gasteiger partial charge is 0.361 e. The zero-order chi connectivity index (χ0) is 11.4. The molecule has 0 amide bonds. The van der Waals surface area contributed by atoms with Crippen LogP contribution < -0.4 is 5.32 Å². The van der Waals surface area contributed by atoms with E-state index in [0.717, 1.165) is 13.1 Å². The minimum Gasteiger partial charge on any atom is -0.361 e. The summed E-state index contributed by atoms with van der Waals surface area (Å²) in [5, 5.41) is 4.52. The van der Waals surface area contributed by atoms with Gasteiger partial charge in [0.2, 0.25) is 0 Å². The first-order chi connectivity index (χ1) is 7.75. The SMILES string of the molecule is CS(=O)CCNCc1ccc2cc[nH]c2c1. The van der Waals surface area contributed by atoms with E-state index in [1.807, 2.05) is 6.20 Å². The summed E-state index contributed by atoms with van der Waals surface area (Å²) in [6.45, 7) is 1.62. The van der Waals surface area contributed by atoms with Crippen LogP contribution in [0.2, 0.25) is 0 Å². The van der Waals surface area contributed by atoms with Gasteiger partial charge in [-0.05, 0) is 23.1 Å². The second-order valence-electron chi connectivity index (χ2n) is 3.85. The first kappa shape index (κ1) is 11.4. The van der Waals surface area contributed by atoms with Gasteiger partial charge in [-0.2, -0.15) is 0 Å². The maximum absolute atomic E-state index is 10.9. The Kier molecular flexibility index (Phi) is 3.74. The van der Waals surface area contributed by atoms with Crippen LogP contribution in [0.5, 0.6) is 0 Å². The van der Waals surface area contributed by atoms with Crippen molar-refractivity contribution in [3.05, 3.63) is 36.0 Å². The van der Waals surface area contributed by atoms with Crippen LogP contribution in [-0.4, -0.2) is 27.7 Å². The second-order valence-corrected chi connectivity index (χ2v) is 5.41. The molecule has 0 radical (unpaired) electrons. The van der Waals surface area contributed by atoms with E-state index in [4.69, 9.17) is 0 Å².